The van der Waals surface area contributed by atoms with Gasteiger partial charge in [-0.25, -0.2) is 24.0 Å². The van der Waals surface area contributed by atoms with Gasteiger partial charge in [-0.1, -0.05) is 116 Å². The first-order valence-corrected chi connectivity index (χ1v) is 22.0. The first kappa shape index (κ1) is 46.3. The molecule has 346 valence electrons. The van der Waals surface area contributed by atoms with Gasteiger partial charge in [0.1, 0.15) is 30.7 Å². The van der Waals surface area contributed by atoms with E-state index in [9.17, 15) is 24.0 Å². The summed E-state index contributed by atoms with van der Waals surface area (Å²) in [6.45, 7) is 1.80. The number of hydrogen-bond acceptors (Lipinski definition) is 14. The lowest BCUT2D eigenvalue weighted by molar-refractivity contribution is -0.275. The van der Waals surface area contributed by atoms with E-state index in [1.807, 2.05) is 37.3 Å². The van der Waals surface area contributed by atoms with Gasteiger partial charge in [-0.15, -0.1) is 0 Å². The average molecular weight is 919 g/mol. The van der Waals surface area contributed by atoms with E-state index >= 15 is 0 Å². The maximum Gasteiger partial charge on any atom is 0.383 e. The SMILES string of the molecule is CCCCOc1c(OCc2ccccc2)c2ccc(O[C@H]3O[C@H](COC(=O)c4ccccc4)[C@@H](OC(=O)c4ccccc4)[C@H](OC(=O)c4ccccc4)[C@@H]3OC(=O)c3ccccc3)cc2oc1=O. The van der Waals surface area contributed by atoms with Gasteiger partial charge in [-0.05, 0) is 72.6 Å². The van der Waals surface area contributed by atoms with Gasteiger partial charge in [0.15, 0.2) is 18.0 Å². The molecule has 0 amide bonds. The van der Waals surface area contributed by atoms with Crippen LogP contribution in [0.3, 0.4) is 0 Å². The lowest BCUT2D eigenvalue weighted by atomic mass is 9.97. The molecule has 8 rings (SSSR count). The van der Waals surface area contributed by atoms with Crippen molar-refractivity contribution in [2.24, 2.45) is 0 Å². The van der Waals surface area contributed by atoms with Crippen LogP contribution in [0.5, 0.6) is 17.2 Å². The molecule has 0 radical (unpaired) electrons. The molecule has 1 aliphatic rings. The lowest BCUT2D eigenvalue weighted by Gasteiger charge is -2.44. The van der Waals surface area contributed by atoms with Crippen LogP contribution in [-0.4, -0.2) is 67.8 Å². The van der Waals surface area contributed by atoms with E-state index in [0.29, 0.717) is 11.8 Å². The Morgan fingerprint density at radius 3 is 1.59 bits per heavy atom. The first-order valence-electron chi connectivity index (χ1n) is 22.0. The molecule has 0 saturated carbocycles. The van der Waals surface area contributed by atoms with Crippen molar-refractivity contribution in [3.05, 3.63) is 208 Å². The third-order valence-electron chi connectivity index (χ3n) is 10.8. The van der Waals surface area contributed by atoms with Crippen LogP contribution < -0.4 is 19.8 Å². The fourth-order valence-corrected chi connectivity index (χ4v) is 7.28. The van der Waals surface area contributed by atoms with Crippen LogP contribution in [0.4, 0.5) is 0 Å². The maximum atomic E-state index is 14.1. The van der Waals surface area contributed by atoms with Crippen LogP contribution in [0, 0.1) is 0 Å². The van der Waals surface area contributed by atoms with Crippen LogP contribution in [0.1, 0.15) is 66.8 Å². The Balaban J connectivity index is 1.21. The van der Waals surface area contributed by atoms with Crippen molar-refractivity contribution in [2.75, 3.05) is 13.2 Å². The Bertz CT molecular complexity index is 2850. The van der Waals surface area contributed by atoms with Crippen LogP contribution >= 0.6 is 0 Å². The minimum absolute atomic E-state index is 0.0352. The molecule has 1 aromatic heterocycles. The maximum absolute atomic E-state index is 14.1. The number of carbonyl (C=O) groups is 4. The zero-order valence-electron chi connectivity index (χ0n) is 36.8. The van der Waals surface area contributed by atoms with Crippen LogP contribution in [-0.2, 0) is 30.3 Å². The number of fused-ring (bicyclic) bond motifs is 1. The Kier molecular flexibility index (Phi) is 15.2. The van der Waals surface area contributed by atoms with E-state index in [1.54, 1.807) is 97.1 Å². The summed E-state index contributed by atoms with van der Waals surface area (Å²) in [7, 11) is 0. The highest BCUT2D eigenvalue weighted by Crippen LogP contribution is 2.37. The monoisotopic (exact) mass is 918 g/mol. The highest BCUT2D eigenvalue weighted by Gasteiger charge is 2.54. The van der Waals surface area contributed by atoms with Gasteiger partial charge in [0.25, 0.3) is 0 Å². The van der Waals surface area contributed by atoms with Crippen LogP contribution in [0.25, 0.3) is 11.0 Å². The molecule has 0 unspecified atom stereocenters. The largest absolute Gasteiger partial charge is 0.484 e. The van der Waals surface area contributed by atoms with Gasteiger partial charge in [0.05, 0.1) is 34.2 Å². The summed E-state index contributed by atoms with van der Waals surface area (Å²) in [4.78, 5) is 69.0. The molecule has 6 aromatic carbocycles. The van der Waals surface area contributed by atoms with Gasteiger partial charge in [-0.3, -0.25) is 0 Å². The van der Waals surface area contributed by atoms with Crippen molar-refractivity contribution in [3.8, 4) is 17.2 Å². The highest BCUT2D eigenvalue weighted by atomic mass is 16.7. The number of carbonyl (C=O) groups excluding carboxylic acids is 4. The topological polar surface area (TPSA) is 172 Å². The smallest absolute Gasteiger partial charge is 0.383 e. The highest BCUT2D eigenvalue weighted by molar-refractivity contribution is 5.92. The van der Waals surface area contributed by atoms with E-state index in [0.717, 1.165) is 12.0 Å². The molecule has 0 bridgehead atoms. The first-order chi connectivity index (χ1) is 33.2. The van der Waals surface area contributed by atoms with Crippen LogP contribution in [0.15, 0.2) is 179 Å². The van der Waals surface area contributed by atoms with Gasteiger partial charge in [-0.2, -0.15) is 0 Å². The fraction of sp³-hybridized carbons (Fsp3) is 0.204. The molecule has 1 saturated heterocycles. The predicted molar refractivity (Wildman–Crippen MR) is 247 cm³/mol. The molecule has 2 heterocycles. The molecule has 7 aromatic rings. The molecule has 0 aliphatic carbocycles. The van der Waals surface area contributed by atoms with Gasteiger partial charge in [0.2, 0.25) is 18.1 Å². The Labute approximate surface area is 390 Å². The second-order valence-corrected chi connectivity index (χ2v) is 15.5. The number of benzene rings is 6. The Hall–Kier alpha value is -8.23. The van der Waals surface area contributed by atoms with Gasteiger partial charge >= 0.3 is 29.5 Å². The second-order valence-electron chi connectivity index (χ2n) is 15.5. The minimum atomic E-state index is -1.67. The number of hydrogen-bond donors (Lipinski definition) is 0. The van der Waals surface area contributed by atoms with Crippen LogP contribution in [0.2, 0.25) is 0 Å². The van der Waals surface area contributed by atoms with E-state index in [4.69, 9.17) is 42.3 Å². The summed E-state index contributed by atoms with van der Waals surface area (Å²) in [5.74, 6) is -3.22. The number of rotatable bonds is 18. The molecular formula is C54H46O14. The van der Waals surface area contributed by atoms with E-state index in [2.05, 4.69) is 0 Å². The standard InChI is InChI=1S/C54H46O14/c1-2-3-31-60-47-44(61-33-35-19-9-4-10-20-35)41-30-29-40(32-42(41)64-53(47)59)63-54-48(68-52(58)39-27-17-8-18-28-39)46(67-51(57)38-25-15-7-16-26-38)45(66-50(56)37-23-13-6-14-24-37)43(65-54)34-62-49(55)36-21-11-5-12-22-36/h4-30,32,43,45-46,48,54H,2-3,31,33-34H2,1H3/t43-,45-,46+,48+,54+/m1/s1. The van der Waals surface area contributed by atoms with Crippen molar-refractivity contribution >= 4 is 34.8 Å². The van der Waals surface area contributed by atoms with Crippen molar-refractivity contribution in [2.45, 2.75) is 57.1 Å². The van der Waals surface area contributed by atoms with Gasteiger partial charge < -0.3 is 42.3 Å². The quantitative estimate of drug-likeness (QED) is 0.0345. The minimum Gasteiger partial charge on any atom is -0.484 e. The Morgan fingerprint density at radius 2 is 1.04 bits per heavy atom. The van der Waals surface area contributed by atoms with E-state index in [-0.39, 0.29) is 58.3 Å². The molecule has 5 atom stereocenters. The average Bonchev–Trinajstić information content (AvgIpc) is 3.38. The van der Waals surface area contributed by atoms with Gasteiger partial charge in [0, 0.05) is 6.07 Å². The summed E-state index contributed by atoms with van der Waals surface area (Å²) in [6, 6.07) is 46.2. The molecule has 0 spiro atoms. The summed E-state index contributed by atoms with van der Waals surface area (Å²) in [6.07, 6.45) is -6.51. The van der Waals surface area contributed by atoms with Crippen molar-refractivity contribution in [1.29, 1.82) is 0 Å². The zero-order chi connectivity index (χ0) is 47.2. The predicted octanol–water partition coefficient (Wildman–Crippen LogP) is 9.19. The molecular weight excluding hydrogens is 873 g/mol. The number of esters is 4. The third-order valence-corrected chi connectivity index (χ3v) is 10.8. The molecule has 1 aliphatic heterocycles. The van der Waals surface area contributed by atoms with E-state index < -0.39 is 66.8 Å². The third kappa shape index (κ3) is 11.4. The zero-order valence-corrected chi connectivity index (χ0v) is 36.8. The Morgan fingerprint density at radius 1 is 0.544 bits per heavy atom. The molecule has 14 nitrogen and oxygen atoms in total. The molecule has 1 fully saturated rings. The molecule has 0 N–H and O–H groups in total. The number of ether oxygens (including phenoxy) is 8. The van der Waals surface area contributed by atoms with Crippen molar-refractivity contribution in [1.82, 2.24) is 0 Å². The van der Waals surface area contributed by atoms with Crippen molar-refractivity contribution in [3.63, 3.8) is 0 Å². The lowest BCUT2D eigenvalue weighted by Crippen LogP contribution is -2.63. The molecule has 68 heavy (non-hydrogen) atoms. The van der Waals surface area contributed by atoms with E-state index in [1.165, 1.54) is 42.5 Å². The number of unbranched alkanes of at least 4 members (excludes halogenated alkanes) is 1. The summed E-state index contributed by atoms with van der Waals surface area (Å²) < 4.78 is 55.3. The summed E-state index contributed by atoms with van der Waals surface area (Å²) in [5, 5.41) is 0.379. The fourth-order valence-electron chi connectivity index (χ4n) is 7.28. The summed E-state index contributed by atoms with van der Waals surface area (Å²) >= 11 is 0. The normalized spacial score (nSPS) is 17.6. The summed E-state index contributed by atoms with van der Waals surface area (Å²) in [5.41, 5.74) is 0.704. The molecule has 14 heteroatoms. The second kappa shape index (κ2) is 22.3. The van der Waals surface area contributed by atoms with Crippen molar-refractivity contribution < 1.29 is 61.5 Å².